The number of nitrogens with zero attached hydrogens (tertiary/aromatic N) is 1. The van der Waals surface area contributed by atoms with Crippen molar-refractivity contribution in [3.63, 3.8) is 0 Å². The molecule has 0 aliphatic heterocycles. The molecule has 1 aliphatic rings. The van der Waals surface area contributed by atoms with Crippen LogP contribution < -0.4 is 0 Å². The van der Waals surface area contributed by atoms with E-state index in [1.165, 1.54) is 0 Å². The van der Waals surface area contributed by atoms with Crippen molar-refractivity contribution in [2.24, 2.45) is 4.36 Å². The van der Waals surface area contributed by atoms with E-state index in [0.717, 1.165) is 16.7 Å². The molecular formula is C18H19NO3S. The topological polar surface area (TPSA) is 66.7 Å². The van der Waals surface area contributed by atoms with Crippen LogP contribution in [0.15, 0.2) is 52.9 Å². The number of hydrogen-bond acceptors (Lipinski definition) is 3. The van der Waals surface area contributed by atoms with Gasteiger partial charge in [0.2, 0.25) is 0 Å². The Hall–Kier alpha value is -2.14. The van der Waals surface area contributed by atoms with Crippen molar-refractivity contribution in [1.29, 1.82) is 0 Å². The summed E-state index contributed by atoms with van der Waals surface area (Å²) in [7, 11) is -2.16. The zero-order valence-electron chi connectivity index (χ0n) is 13.2. The zero-order chi connectivity index (χ0) is 16.7. The number of rotatable bonds is 4. The second-order valence-corrected chi connectivity index (χ2v) is 8.83. The predicted octanol–water partition coefficient (Wildman–Crippen LogP) is 3.83. The number of carboxylic acid groups (broad SMARTS) is 1. The molecule has 2 aromatic carbocycles. The van der Waals surface area contributed by atoms with Crippen LogP contribution in [0.3, 0.4) is 0 Å². The molecule has 4 nitrogen and oxygen atoms in total. The summed E-state index contributed by atoms with van der Waals surface area (Å²) in [4.78, 5) is 11.4. The van der Waals surface area contributed by atoms with Crippen LogP contribution in [0.5, 0.6) is 0 Å². The molecule has 1 fully saturated rings. The molecular weight excluding hydrogens is 310 g/mol. The lowest BCUT2D eigenvalue weighted by Crippen LogP contribution is -2.19. The second-order valence-electron chi connectivity index (χ2n) is 6.28. The lowest BCUT2D eigenvalue weighted by molar-refractivity contribution is -0.140. The first kappa shape index (κ1) is 15.7. The van der Waals surface area contributed by atoms with Gasteiger partial charge in [0.05, 0.1) is 11.1 Å². The van der Waals surface area contributed by atoms with E-state index in [9.17, 15) is 14.1 Å². The van der Waals surface area contributed by atoms with Gasteiger partial charge in [-0.2, -0.15) is 4.36 Å². The lowest BCUT2D eigenvalue weighted by atomic mass is 9.94. The number of carboxylic acids is 1. The summed E-state index contributed by atoms with van der Waals surface area (Å²) in [6, 6.07) is 15.3. The summed E-state index contributed by atoms with van der Waals surface area (Å²) in [5.74, 6) is -0.737. The number of aliphatic carboxylic acids is 1. The van der Waals surface area contributed by atoms with Crippen LogP contribution in [0.25, 0.3) is 11.1 Å². The molecule has 3 rings (SSSR count). The highest BCUT2D eigenvalue weighted by Crippen LogP contribution is 2.48. The van der Waals surface area contributed by atoms with Gasteiger partial charge in [-0.25, -0.2) is 4.21 Å². The SMILES string of the molecule is CS(C)(=O)=Nc1ccc(-c2ccc(C3(C(=O)O)CC3)cc2)cc1. The highest BCUT2D eigenvalue weighted by atomic mass is 32.2. The fourth-order valence-corrected chi connectivity index (χ4v) is 3.33. The number of benzene rings is 2. The van der Waals surface area contributed by atoms with Crippen LogP contribution in [0.4, 0.5) is 5.69 Å². The van der Waals surface area contributed by atoms with Crippen molar-refractivity contribution >= 4 is 21.4 Å². The third-order valence-corrected chi connectivity index (χ3v) is 4.77. The standard InChI is InChI=1S/C18H19NO3S/c1-23(2,22)19-16-9-5-14(6-10-16)13-3-7-15(8-4-13)18(11-12-18)17(20)21/h3-10H,11-12H2,1-2H3,(H,20,21). The third-order valence-electron chi connectivity index (χ3n) is 4.12. The molecule has 23 heavy (non-hydrogen) atoms. The van der Waals surface area contributed by atoms with Gasteiger partial charge in [0.1, 0.15) is 0 Å². The first-order valence-corrected chi connectivity index (χ1v) is 9.75. The maximum absolute atomic E-state index is 11.7. The third kappa shape index (κ3) is 3.29. The largest absolute Gasteiger partial charge is 0.481 e. The van der Waals surface area contributed by atoms with E-state index in [1.807, 2.05) is 48.5 Å². The average Bonchev–Trinajstić information content (AvgIpc) is 3.28. The van der Waals surface area contributed by atoms with Gasteiger partial charge in [-0.1, -0.05) is 36.4 Å². The van der Waals surface area contributed by atoms with Crippen LogP contribution in [0.2, 0.25) is 0 Å². The minimum absolute atomic E-state index is 0.663. The van der Waals surface area contributed by atoms with Crippen molar-refractivity contribution in [2.45, 2.75) is 18.3 Å². The zero-order valence-corrected chi connectivity index (χ0v) is 14.0. The van der Waals surface area contributed by atoms with Gasteiger partial charge in [-0.15, -0.1) is 0 Å². The van der Waals surface area contributed by atoms with Crippen LogP contribution in [-0.4, -0.2) is 27.8 Å². The van der Waals surface area contributed by atoms with Crippen molar-refractivity contribution in [3.05, 3.63) is 54.1 Å². The molecule has 1 saturated carbocycles. The van der Waals surface area contributed by atoms with Crippen LogP contribution in [-0.2, 0) is 19.9 Å². The molecule has 0 saturated heterocycles. The smallest absolute Gasteiger partial charge is 0.314 e. The summed E-state index contributed by atoms with van der Waals surface area (Å²) in [5.41, 5.74) is 2.95. The first-order chi connectivity index (χ1) is 10.8. The van der Waals surface area contributed by atoms with E-state index in [4.69, 9.17) is 0 Å². The molecule has 1 N–H and O–H groups in total. The minimum Gasteiger partial charge on any atom is -0.481 e. The molecule has 0 heterocycles. The Morgan fingerprint density at radius 1 is 1.00 bits per heavy atom. The normalized spacial score (nSPS) is 15.9. The fraction of sp³-hybridized carbons (Fsp3) is 0.278. The van der Waals surface area contributed by atoms with E-state index in [1.54, 1.807) is 12.5 Å². The van der Waals surface area contributed by atoms with E-state index in [2.05, 4.69) is 4.36 Å². The van der Waals surface area contributed by atoms with Gasteiger partial charge >= 0.3 is 5.97 Å². The second kappa shape index (κ2) is 5.49. The average molecular weight is 329 g/mol. The molecule has 0 atom stereocenters. The highest BCUT2D eigenvalue weighted by Gasteiger charge is 2.51. The maximum Gasteiger partial charge on any atom is 0.314 e. The Morgan fingerprint density at radius 3 is 1.87 bits per heavy atom. The number of hydrogen-bond donors (Lipinski definition) is 1. The van der Waals surface area contributed by atoms with Gasteiger partial charge in [0.15, 0.2) is 0 Å². The summed E-state index contributed by atoms with van der Waals surface area (Å²) in [6.45, 7) is 0. The Bertz CT molecular complexity index is 848. The molecule has 0 bridgehead atoms. The minimum atomic E-state index is -2.16. The Labute approximate surface area is 136 Å². The van der Waals surface area contributed by atoms with E-state index in [0.29, 0.717) is 18.5 Å². The molecule has 0 radical (unpaired) electrons. The van der Waals surface area contributed by atoms with Gasteiger partial charge in [-0.05, 0) is 41.7 Å². The molecule has 0 amide bonds. The monoisotopic (exact) mass is 329 g/mol. The molecule has 120 valence electrons. The number of carbonyl (C=O) groups is 1. The van der Waals surface area contributed by atoms with Crippen molar-refractivity contribution < 1.29 is 14.1 Å². The molecule has 0 aromatic heterocycles. The van der Waals surface area contributed by atoms with Gasteiger partial charge in [-0.3, -0.25) is 4.79 Å². The summed E-state index contributed by atoms with van der Waals surface area (Å²) < 4.78 is 15.9. The predicted molar refractivity (Wildman–Crippen MR) is 92.5 cm³/mol. The van der Waals surface area contributed by atoms with Gasteiger partial charge < -0.3 is 5.11 Å². The van der Waals surface area contributed by atoms with Gasteiger partial charge in [0, 0.05) is 22.2 Å². The summed E-state index contributed by atoms with van der Waals surface area (Å²) in [5, 5.41) is 9.33. The molecule has 2 aromatic rings. The van der Waals surface area contributed by atoms with Crippen LogP contribution >= 0.6 is 0 Å². The van der Waals surface area contributed by atoms with Crippen molar-refractivity contribution in [1.82, 2.24) is 0 Å². The van der Waals surface area contributed by atoms with E-state index >= 15 is 0 Å². The van der Waals surface area contributed by atoms with E-state index < -0.39 is 21.1 Å². The summed E-state index contributed by atoms with van der Waals surface area (Å²) >= 11 is 0. The van der Waals surface area contributed by atoms with Crippen molar-refractivity contribution in [2.75, 3.05) is 12.5 Å². The Balaban J connectivity index is 1.86. The molecule has 1 aliphatic carbocycles. The fourth-order valence-electron chi connectivity index (χ4n) is 2.70. The van der Waals surface area contributed by atoms with Crippen LogP contribution in [0.1, 0.15) is 18.4 Å². The Morgan fingerprint density at radius 2 is 1.48 bits per heavy atom. The van der Waals surface area contributed by atoms with E-state index in [-0.39, 0.29) is 0 Å². The van der Waals surface area contributed by atoms with Crippen LogP contribution in [0, 0.1) is 0 Å². The molecule has 0 spiro atoms. The maximum atomic E-state index is 11.7. The lowest BCUT2D eigenvalue weighted by Gasteiger charge is -2.11. The molecule has 0 unspecified atom stereocenters. The van der Waals surface area contributed by atoms with Gasteiger partial charge in [0.25, 0.3) is 0 Å². The summed E-state index contributed by atoms with van der Waals surface area (Å²) in [6.07, 6.45) is 4.64. The quantitative estimate of drug-likeness (QED) is 0.927. The first-order valence-electron chi connectivity index (χ1n) is 7.42. The van der Waals surface area contributed by atoms with Crippen molar-refractivity contribution in [3.8, 4) is 11.1 Å². The highest BCUT2D eigenvalue weighted by molar-refractivity contribution is 7.92. The molecule has 5 heteroatoms. The Kier molecular flexibility index (Phi) is 3.76.